The summed E-state index contributed by atoms with van der Waals surface area (Å²) in [5, 5.41) is 10.0. The van der Waals surface area contributed by atoms with Gasteiger partial charge in [-0.15, -0.1) is 0 Å². The molecule has 0 aliphatic heterocycles. The van der Waals surface area contributed by atoms with Gasteiger partial charge < -0.3 is 9.84 Å². The fraction of sp³-hybridized carbons (Fsp3) is 0.190. The highest BCUT2D eigenvalue weighted by atomic mass is 19.1. The quantitative estimate of drug-likeness (QED) is 0.700. The van der Waals surface area contributed by atoms with Gasteiger partial charge in [0.15, 0.2) is 0 Å². The Morgan fingerprint density at radius 3 is 2.28 bits per heavy atom. The third-order valence-corrected chi connectivity index (χ3v) is 3.96. The van der Waals surface area contributed by atoms with Crippen LogP contribution in [0.2, 0.25) is 0 Å². The van der Waals surface area contributed by atoms with Gasteiger partial charge in [0.25, 0.3) is 0 Å². The Kier molecular flexibility index (Phi) is 5.75. The van der Waals surface area contributed by atoms with Crippen molar-refractivity contribution in [2.45, 2.75) is 18.9 Å². The highest BCUT2D eigenvalue weighted by Crippen LogP contribution is 2.22. The molecule has 4 heteroatoms. The molecule has 0 fully saturated rings. The third kappa shape index (κ3) is 5.13. The van der Waals surface area contributed by atoms with Crippen LogP contribution in [0.5, 0.6) is 5.75 Å². The van der Waals surface area contributed by atoms with Crippen LogP contribution in [-0.2, 0) is 6.42 Å². The topological polar surface area (TPSA) is 42.4 Å². The van der Waals surface area contributed by atoms with Crippen LogP contribution in [0.1, 0.15) is 12.0 Å². The van der Waals surface area contributed by atoms with Crippen molar-refractivity contribution in [3.8, 4) is 16.9 Å². The van der Waals surface area contributed by atoms with Gasteiger partial charge in [0, 0.05) is 12.4 Å². The van der Waals surface area contributed by atoms with Crippen molar-refractivity contribution >= 4 is 0 Å². The number of pyridine rings is 1. The number of ether oxygens (including phenoxy) is 1. The summed E-state index contributed by atoms with van der Waals surface area (Å²) in [5.41, 5.74) is 3.04. The predicted molar refractivity (Wildman–Crippen MR) is 95.9 cm³/mol. The van der Waals surface area contributed by atoms with Crippen molar-refractivity contribution in [2.24, 2.45) is 0 Å². The van der Waals surface area contributed by atoms with E-state index in [1.165, 1.54) is 12.1 Å². The minimum atomic E-state index is -0.531. The van der Waals surface area contributed by atoms with Crippen LogP contribution in [0.4, 0.5) is 4.39 Å². The van der Waals surface area contributed by atoms with Gasteiger partial charge in [-0.05, 0) is 59.9 Å². The van der Waals surface area contributed by atoms with E-state index in [2.05, 4.69) is 4.98 Å². The second-order valence-electron chi connectivity index (χ2n) is 5.90. The fourth-order valence-corrected chi connectivity index (χ4v) is 2.54. The van der Waals surface area contributed by atoms with Gasteiger partial charge in [0.2, 0.25) is 0 Å². The first-order valence-corrected chi connectivity index (χ1v) is 8.26. The zero-order valence-corrected chi connectivity index (χ0v) is 13.8. The lowest BCUT2D eigenvalue weighted by Gasteiger charge is -2.12. The number of aromatic nitrogens is 1. The number of aryl methyl sites for hydroxylation is 1. The van der Waals surface area contributed by atoms with Crippen molar-refractivity contribution < 1.29 is 14.2 Å². The summed E-state index contributed by atoms with van der Waals surface area (Å²) in [6.07, 6.45) is 4.40. The second kappa shape index (κ2) is 8.40. The van der Waals surface area contributed by atoms with E-state index in [9.17, 15) is 9.50 Å². The lowest BCUT2D eigenvalue weighted by molar-refractivity contribution is 0.100. The van der Waals surface area contributed by atoms with Crippen LogP contribution < -0.4 is 4.74 Å². The molecule has 1 atom stereocenters. The molecule has 128 valence electrons. The molecule has 0 saturated heterocycles. The maximum absolute atomic E-state index is 13.0. The van der Waals surface area contributed by atoms with Crippen LogP contribution in [-0.4, -0.2) is 22.8 Å². The standard InChI is InChI=1S/C21H20FNO2/c22-19-8-4-17(5-9-19)18-6-11-21(12-7-18)25-15-20(24)10-3-16-2-1-13-23-14-16/h1-2,4-9,11-14,20,24H,3,10,15H2/t20-/m1/s1. The summed E-state index contributed by atoms with van der Waals surface area (Å²) in [6.45, 7) is 0.246. The first kappa shape index (κ1) is 17.1. The molecule has 1 aromatic heterocycles. The van der Waals surface area contributed by atoms with Crippen LogP contribution in [0.15, 0.2) is 73.1 Å². The van der Waals surface area contributed by atoms with Crippen LogP contribution in [0.25, 0.3) is 11.1 Å². The molecule has 0 unspecified atom stereocenters. The van der Waals surface area contributed by atoms with Crippen LogP contribution in [0, 0.1) is 5.82 Å². The number of aliphatic hydroxyl groups excluding tert-OH is 1. The molecule has 0 aliphatic carbocycles. The zero-order valence-electron chi connectivity index (χ0n) is 13.8. The van der Waals surface area contributed by atoms with Gasteiger partial charge in [0.1, 0.15) is 18.2 Å². The molecule has 2 aromatic carbocycles. The third-order valence-electron chi connectivity index (χ3n) is 3.96. The Morgan fingerprint density at radius 1 is 0.960 bits per heavy atom. The minimum Gasteiger partial charge on any atom is -0.491 e. The largest absolute Gasteiger partial charge is 0.491 e. The van der Waals surface area contributed by atoms with Crippen molar-refractivity contribution in [3.05, 3.63) is 84.4 Å². The van der Waals surface area contributed by atoms with E-state index in [0.717, 1.165) is 23.1 Å². The molecule has 1 N–H and O–H groups in total. The van der Waals surface area contributed by atoms with Crippen molar-refractivity contribution in [2.75, 3.05) is 6.61 Å². The Hall–Kier alpha value is -2.72. The smallest absolute Gasteiger partial charge is 0.123 e. The maximum atomic E-state index is 13.0. The molecule has 3 rings (SSSR count). The molecule has 3 nitrogen and oxygen atoms in total. The number of hydrogen-bond donors (Lipinski definition) is 1. The molecule has 0 amide bonds. The maximum Gasteiger partial charge on any atom is 0.123 e. The van der Waals surface area contributed by atoms with Gasteiger partial charge in [0.05, 0.1) is 6.10 Å². The average molecular weight is 337 g/mol. The first-order chi connectivity index (χ1) is 12.2. The number of halogens is 1. The molecular formula is C21H20FNO2. The molecule has 25 heavy (non-hydrogen) atoms. The highest BCUT2D eigenvalue weighted by molar-refractivity contribution is 5.63. The van der Waals surface area contributed by atoms with Gasteiger partial charge >= 0.3 is 0 Å². The Balaban J connectivity index is 1.49. The summed E-state index contributed by atoms with van der Waals surface area (Å²) >= 11 is 0. The number of rotatable bonds is 7. The Labute approximate surface area is 146 Å². The van der Waals surface area contributed by atoms with E-state index in [0.29, 0.717) is 12.2 Å². The Bertz CT molecular complexity index is 773. The minimum absolute atomic E-state index is 0.246. The molecule has 0 radical (unpaired) electrons. The lowest BCUT2D eigenvalue weighted by Crippen LogP contribution is -2.18. The summed E-state index contributed by atoms with van der Waals surface area (Å²) in [4.78, 5) is 4.06. The monoisotopic (exact) mass is 337 g/mol. The number of aliphatic hydroxyl groups is 1. The lowest BCUT2D eigenvalue weighted by atomic mass is 10.1. The van der Waals surface area contributed by atoms with Crippen molar-refractivity contribution in [1.82, 2.24) is 4.98 Å². The molecular weight excluding hydrogens is 317 g/mol. The van der Waals surface area contributed by atoms with E-state index in [1.54, 1.807) is 18.3 Å². The molecule has 0 bridgehead atoms. The fourth-order valence-electron chi connectivity index (χ4n) is 2.54. The summed E-state index contributed by atoms with van der Waals surface area (Å²) in [6, 6.07) is 17.8. The number of nitrogens with zero attached hydrogens (tertiary/aromatic N) is 1. The molecule has 0 aliphatic rings. The number of benzene rings is 2. The molecule has 3 aromatic rings. The van der Waals surface area contributed by atoms with E-state index in [4.69, 9.17) is 4.74 Å². The van der Waals surface area contributed by atoms with E-state index < -0.39 is 6.10 Å². The van der Waals surface area contributed by atoms with Crippen molar-refractivity contribution in [3.63, 3.8) is 0 Å². The molecule has 0 saturated carbocycles. The summed E-state index contributed by atoms with van der Waals surface area (Å²) in [7, 11) is 0. The number of hydrogen-bond acceptors (Lipinski definition) is 3. The molecule has 0 spiro atoms. The van der Waals surface area contributed by atoms with Crippen LogP contribution in [0.3, 0.4) is 0 Å². The average Bonchev–Trinajstić information content (AvgIpc) is 2.67. The summed E-state index contributed by atoms with van der Waals surface area (Å²) in [5.74, 6) is 0.454. The SMILES string of the molecule is O[C@H](CCc1cccnc1)COc1ccc(-c2ccc(F)cc2)cc1. The van der Waals surface area contributed by atoms with Crippen LogP contribution >= 0.6 is 0 Å². The van der Waals surface area contributed by atoms with Gasteiger partial charge in [-0.2, -0.15) is 0 Å². The second-order valence-corrected chi connectivity index (χ2v) is 5.90. The Morgan fingerprint density at radius 2 is 1.64 bits per heavy atom. The van der Waals surface area contributed by atoms with E-state index in [1.807, 2.05) is 42.6 Å². The first-order valence-electron chi connectivity index (χ1n) is 8.26. The molecule has 1 heterocycles. The van der Waals surface area contributed by atoms with Crippen molar-refractivity contribution in [1.29, 1.82) is 0 Å². The summed E-state index contributed by atoms with van der Waals surface area (Å²) < 4.78 is 18.6. The van der Waals surface area contributed by atoms with Gasteiger partial charge in [-0.1, -0.05) is 30.3 Å². The predicted octanol–water partition coefficient (Wildman–Crippen LogP) is 4.26. The zero-order chi connectivity index (χ0) is 17.5. The highest BCUT2D eigenvalue weighted by Gasteiger charge is 2.06. The van der Waals surface area contributed by atoms with E-state index >= 15 is 0 Å². The normalized spacial score (nSPS) is 11.9. The van der Waals surface area contributed by atoms with Gasteiger partial charge in [-0.3, -0.25) is 4.98 Å². The van der Waals surface area contributed by atoms with Gasteiger partial charge in [-0.25, -0.2) is 4.39 Å². The van der Waals surface area contributed by atoms with E-state index in [-0.39, 0.29) is 12.4 Å².